The lowest BCUT2D eigenvalue weighted by Gasteiger charge is -2.18. The topological polar surface area (TPSA) is 44.8 Å². The maximum Gasteiger partial charge on any atom is 0.360 e. The molecule has 0 heterocycles. The molecule has 0 radical (unpaired) electrons. The van der Waals surface area contributed by atoms with Crippen LogP contribution in [0.1, 0.15) is 398 Å². The van der Waals surface area contributed by atoms with Crippen LogP contribution in [-0.2, 0) is 22.4 Å². The first-order valence-corrected chi connectivity index (χ1v) is 40.0. The first-order chi connectivity index (χ1) is 41.1. The largest absolute Gasteiger partial charge is 0.466 e. The van der Waals surface area contributed by atoms with E-state index in [0.717, 1.165) is 49.4 Å². The molecule has 0 amide bonds. The van der Waals surface area contributed by atoms with Crippen molar-refractivity contribution < 1.29 is 18.6 Å². The van der Waals surface area contributed by atoms with E-state index in [-0.39, 0.29) is 5.97 Å². The summed E-state index contributed by atoms with van der Waals surface area (Å²) in [6.45, 7) is 7.52. The Hall–Kier alpha value is -1.71. The third kappa shape index (κ3) is 54.2. The van der Waals surface area contributed by atoms with Crippen molar-refractivity contribution in [2.75, 3.05) is 12.4 Å². The molecule has 2 aromatic rings. The molecular formula is C77H139O4PS. The minimum absolute atomic E-state index is 0.0197. The highest BCUT2D eigenvalue weighted by Crippen LogP contribution is 2.52. The van der Waals surface area contributed by atoms with Crippen molar-refractivity contribution in [1.82, 2.24) is 0 Å². The number of esters is 1. The molecule has 0 aliphatic carbocycles. The quantitative estimate of drug-likeness (QED) is 0.0375. The monoisotopic (exact) mass is 1190 g/mol. The molecule has 0 fully saturated rings. The lowest BCUT2D eigenvalue weighted by Crippen LogP contribution is -2.05. The molecular weight excluding hydrogens is 1050 g/mol. The van der Waals surface area contributed by atoms with E-state index in [1.807, 2.05) is 11.4 Å². The third-order valence-electron chi connectivity index (χ3n) is 17.6. The highest BCUT2D eigenvalue weighted by Gasteiger charge is 2.17. The second-order valence-electron chi connectivity index (χ2n) is 25.7. The lowest BCUT2D eigenvalue weighted by molar-refractivity contribution is -0.143. The van der Waals surface area contributed by atoms with E-state index in [1.165, 1.54) is 351 Å². The summed E-state index contributed by atoms with van der Waals surface area (Å²) in [5.41, 5.74) is 2.85. The van der Waals surface area contributed by atoms with Gasteiger partial charge < -0.3 is 13.8 Å². The van der Waals surface area contributed by atoms with Crippen molar-refractivity contribution in [2.45, 2.75) is 400 Å². The van der Waals surface area contributed by atoms with E-state index in [0.29, 0.717) is 13.0 Å². The molecule has 0 atom stereocenters. The van der Waals surface area contributed by atoms with Crippen LogP contribution in [0.3, 0.4) is 0 Å². The summed E-state index contributed by atoms with van der Waals surface area (Å²) in [7, 11) is -1.15. The molecule has 6 heteroatoms. The molecule has 83 heavy (non-hydrogen) atoms. The molecule has 0 aliphatic heterocycles. The standard InChI is InChI=1S/C77H139O4PS/c1-4-7-10-13-16-19-22-25-30-35-40-45-50-55-60-73-63-67-75(68-64-73)80-82(81-76-69-65-74(66-70-76)61-56-51-46-41-36-31-26-23-20-17-14-11-8-5-2)83-72-59-54-49-44-39-34-29-28-32-37-42-47-52-57-62-77(78)79-71-58-53-48-43-38-33-27-24-21-18-15-12-9-6-3/h63-70H,4-62,71-72H2,1-3H3. The molecule has 0 saturated heterocycles. The smallest absolute Gasteiger partial charge is 0.360 e. The van der Waals surface area contributed by atoms with E-state index in [4.69, 9.17) is 13.8 Å². The van der Waals surface area contributed by atoms with Crippen LogP contribution in [0.25, 0.3) is 0 Å². The Morgan fingerprint density at radius 2 is 0.542 bits per heavy atom. The number of hydrogen-bond donors (Lipinski definition) is 0. The van der Waals surface area contributed by atoms with Crippen LogP contribution in [0.2, 0.25) is 0 Å². The number of rotatable bonds is 67. The Morgan fingerprint density at radius 3 is 0.831 bits per heavy atom. The van der Waals surface area contributed by atoms with Crippen LogP contribution in [0.5, 0.6) is 11.5 Å². The Bertz CT molecular complexity index is 1510. The molecule has 2 aromatic carbocycles. The van der Waals surface area contributed by atoms with E-state index in [9.17, 15) is 4.79 Å². The van der Waals surface area contributed by atoms with Crippen LogP contribution in [0.15, 0.2) is 48.5 Å². The fraction of sp³-hybridized carbons (Fsp3) is 0.831. The van der Waals surface area contributed by atoms with Gasteiger partial charge in [-0.2, -0.15) is 0 Å². The molecule has 0 saturated carbocycles. The highest BCUT2D eigenvalue weighted by molar-refractivity contribution is 8.53. The van der Waals surface area contributed by atoms with Crippen molar-refractivity contribution >= 4 is 24.9 Å². The third-order valence-corrected chi connectivity index (χ3v) is 20.6. The van der Waals surface area contributed by atoms with Crippen LogP contribution < -0.4 is 9.05 Å². The van der Waals surface area contributed by atoms with Crippen LogP contribution in [-0.4, -0.2) is 18.3 Å². The van der Waals surface area contributed by atoms with Gasteiger partial charge in [0.2, 0.25) is 0 Å². The molecule has 4 nitrogen and oxygen atoms in total. The van der Waals surface area contributed by atoms with Crippen molar-refractivity contribution in [3.8, 4) is 11.5 Å². The minimum atomic E-state index is -1.15. The summed E-state index contributed by atoms with van der Waals surface area (Å²) in [5.74, 6) is 2.96. The van der Waals surface area contributed by atoms with Crippen molar-refractivity contribution in [1.29, 1.82) is 0 Å². The van der Waals surface area contributed by atoms with Gasteiger partial charge in [0.05, 0.1) is 6.61 Å². The first kappa shape index (κ1) is 77.4. The van der Waals surface area contributed by atoms with Crippen molar-refractivity contribution in [2.24, 2.45) is 0 Å². The summed E-state index contributed by atoms with van der Waals surface area (Å²) in [5, 5.41) is 0. The van der Waals surface area contributed by atoms with Gasteiger partial charge >= 0.3 is 13.5 Å². The predicted molar refractivity (Wildman–Crippen MR) is 372 cm³/mol. The molecule has 0 N–H and O–H groups in total. The van der Waals surface area contributed by atoms with Gasteiger partial charge in [-0.05, 0) is 91.7 Å². The highest BCUT2D eigenvalue weighted by atomic mass is 32.7. The Labute approximate surface area is 523 Å². The van der Waals surface area contributed by atoms with Gasteiger partial charge in [-0.15, -0.1) is 0 Å². The summed E-state index contributed by atoms with van der Waals surface area (Å²) >= 11 is 1.88. The number of hydrogen-bond acceptors (Lipinski definition) is 5. The van der Waals surface area contributed by atoms with E-state index in [2.05, 4.69) is 69.3 Å². The van der Waals surface area contributed by atoms with E-state index >= 15 is 0 Å². The predicted octanol–water partition coefficient (Wildman–Crippen LogP) is 28.0. The van der Waals surface area contributed by atoms with Gasteiger partial charge in [0, 0.05) is 12.2 Å². The van der Waals surface area contributed by atoms with E-state index in [1.54, 1.807) is 0 Å². The summed E-state index contributed by atoms with van der Waals surface area (Å²) < 4.78 is 18.8. The molecule has 0 aliphatic rings. The van der Waals surface area contributed by atoms with Crippen LogP contribution in [0, 0.1) is 0 Å². The summed E-state index contributed by atoms with van der Waals surface area (Å²) in [6.07, 6.45) is 79.3. The Kier molecular flexibility index (Phi) is 59.0. The fourth-order valence-corrected chi connectivity index (χ4v) is 14.8. The normalized spacial score (nSPS) is 11.6. The molecule has 0 unspecified atom stereocenters. The van der Waals surface area contributed by atoms with Crippen LogP contribution in [0.4, 0.5) is 0 Å². The zero-order valence-electron chi connectivity index (χ0n) is 55.7. The number of ether oxygens (including phenoxy) is 1. The van der Waals surface area contributed by atoms with Gasteiger partial charge in [0.15, 0.2) is 0 Å². The van der Waals surface area contributed by atoms with Gasteiger partial charge in [0.25, 0.3) is 0 Å². The molecule has 482 valence electrons. The maximum atomic E-state index is 12.2. The first-order valence-electron chi connectivity index (χ1n) is 37.3. The number of unbranched alkanes of at least 4 members (excludes halogenated alkanes) is 52. The number of benzene rings is 2. The molecule has 0 bridgehead atoms. The Balaban J connectivity index is 1.56. The average Bonchev–Trinajstić information content (AvgIpc) is 3.50. The van der Waals surface area contributed by atoms with Gasteiger partial charge in [-0.1, -0.05) is 372 Å². The summed E-state index contributed by atoms with van der Waals surface area (Å²) in [4.78, 5) is 12.2. The lowest BCUT2D eigenvalue weighted by atomic mass is 10.0. The molecule has 0 aromatic heterocycles. The van der Waals surface area contributed by atoms with Crippen molar-refractivity contribution in [3.63, 3.8) is 0 Å². The van der Waals surface area contributed by atoms with E-state index < -0.39 is 7.58 Å². The second-order valence-corrected chi connectivity index (χ2v) is 28.9. The SMILES string of the molecule is CCCCCCCCCCCCCCCCOC(=O)CCCCCCCCCCCCCCCCSP(Oc1ccc(CCCCCCCCCCCCCCCC)cc1)Oc1ccc(CCCCCCCCCCCCCCCC)cc1. The summed E-state index contributed by atoms with van der Waals surface area (Å²) in [6, 6.07) is 17.9. The van der Waals surface area contributed by atoms with Gasteiger partial charge in [-0.25, -0.2) is 0 Å². The van der Waals surface area contributed by atoms with Crippen molar-refractivity contribution in [3.05, 3.63) is 59.7 Å². The number of carbonyl (C=O) groups is 1. The van der Waals surface area contributed by atoms with Gasteiger partial charge in [-0.3, -0.25) is 4.79 Å². The number of carbonyl (C=O) groups excluding carboxylic acids is 1. The fourth-order valence-electron chi connectivity index (χ4n) is 11.9. The zero-order valence-corrected chi connectivity index (χ0v) is 57.5. The maximum absolute atomic E-state index is 12.2. The zero-order chi connectivity index (χ0) is 59.1. The van der Waals surface area contributed by atoms with Gasteiger partial charge in [0.1, 0.15) is 11.5 Å². The second kappa shape index (κ2) is 63.3. The number of aryl methyl sites for hydroxylation is 2. The molecule has 2 rings (SSSR count). The van der Waals surface area contributed by atoms with Crippen LogP contribution >= 0.6 is 19.0 Å². The average molecular weight is 1190 g/mol. The Morgan fingerprint density at radius 1 is 0.301 bits per heavy atom. The minimum Gasteiger partial charge on any atom is -0.466 e. The molecule has 0 spiro atoms.